The first-order chi connectivity index (χ1) is 19.8. The summed E-state index contributed by atoms with van der Waals surface area (Å²) in [5, 5.41) is 22.0. The Morgan fingerprint density at radius 2 is 1.86 bits per heavy atom. The maximum atomic E-state index is 17.3. The monoisotopic (exact) mass is 578 g/mol. The van der Waals surface area contributed by atoms with E-state index < -0.39 is 52.0 Å². The van der Waals surface area contributed by atoms with Gasteiger partial charge in [0, 0.05) is 16.7 Å². The average molecular weight is 579 g/mol. The summed E-state index contributed by atoms with van der Waals surface area (Å²) in [6, 6.07) is 5.80. The summed E-state index contributed by atoms with van der Waals surface area (Å²) < 4.78 is 28.7. The molecule has 0 amide bonds. The number of aromatic nitrogens is 2. The first kappa shape index (κ1) is 28.0. The van der Waals surface area contributed by atoms with Crippen LogP contribution < -0.4 is 10.3 Å². The third-order valence-corrected chi connectivity index (χ3v) is 10.3. The van der Waals surface area contributed by atoms with Crippen molar-refractivity contribution in [3.05, 3.63) is 76.4 Å². The van der Waals surface area contributed by atoms with E-state index in [1.807, 2.05) is 0 Å². The van der Waals surface area contributed by atoms with Gasteiger partial charge >= 0.3 is 11.9 Å². The number of carbonyl (C=O) groups is 3. The highest BCUT2D eigenvalue weighted by atomic mass is 19.1. The Labute approximate surface area is 240 Å². The van der Waals surface area contributed by atoms with Gasteiger partial charge in [-0.2, -0.15) is 0 Å². The molecule has 42 heavy (non-hydrogen) atoms. The van der Waals surface area contributed by atoms with Crippen LogP contribution in [0.2, 0.25) is 0 Å². The summed E-state index contributed by atoms with van der Waals surface area (Å²) in [7, 11) is 0. The molecule has 2 aromatic rings. The normalized spacial score (nSPS) is 36.7. The summed E-state index contributed by atoms with van der Waals surface area (Å²) >= 11 is 0. The summed E-state index contributed by atoms with van der Waals surface area (Å²) in [6.07, 6.45) is 5.96. The largest absolute Gasteiger partial charge is 0.478 e. The molecular weight excluding hydrogens is 547 g/mol. The number of ketones is 1. The van der Waals surface area contributed by atoms with E-state index in [1.165, 1.54) is 42.6 Å². The minimum Gasteiger partial charge on any atom is -0.478 e. The van der Waals surface area contributed by atoms with Crippen LogP contribution in [0.1, 0.15) is 56.3 Å². The van der Waals surface area contributed by atoms with Crippen molar-refractivity contribution in [3.8, 4) is 11.6 Å². The number of fused-ring (bicyclic) bond motifs is 5. The molecule has 3 fully saturated rings. The molecule has 1 heterocycles. The van der Waals surface area contributed by atoms with E-state index in [0.29, 0.717) is 30.6 Å². The molecule has 220 valence electrons. The molecule has 0 spiro atoms. The molecular formula is C31H31FN2O8. The maximum absolute atomic E-state index is 17.3. The van der Waals surface area contributed by atoms with Gasteiger partial charge in [0.2, 0.25) is 11.5 Å². The Hall–Kier alpha value is -4.12. The van der Waals surface area contributed by atoms with Gasteiger partial charge in [0.25, 0.3) is 5.56 Å². The molecule has 7 atom stereocenters. The van der Waals surface area contributed by atoms with Gasteiger partial charge in [-0.1, -0.05) is 18.6 Å². The number of carboxylic acid groups (broad SMARTS) is 1. The van der Waals surface area contributed by atoms with Crippen LogP contribution in [0.25, 0.3) is 0 Å². The number of nitrogens with zero attached hydrogens (tertiary/aromatic N) is 1. The molecule has 6 rings (SSSR count). The number of alkyl halides is 1. The van der Waals surface area contributed by atoms with Crippen molar-refractivity contribution in [3.63, 3.8) is 0 Å². The van der Waals surface area contributed by atoms with Crippen LogP contribution in [0.5, 0.6) is 11.6 Å². The molecule has 11 heteroatoms. The first-order valence-corrected chi connectivity index (χ1v) is 13.9. The van der Waals surface area contributed by atoms with Gasteiger partial charge in [-0.05, 0) is 81.4 Å². The number of carbonyl (C=O) groups excluding carboxylic acids is 2. The lowest BCUT2D eigenvalue weighted by molar-refractivity contribution is -0.222. The molecule has 0 radical (unpaired) electrons. The standard InChI is InChI=1S/C31H31FN2O8/c1-28-11-9-19(35)13-18(28)5-8-22-21-10-12-30(27(39)40,29(21,2)14-23(36)31(22,28)32)42-26(38)17-3-6-20(7-4-17)41-25-16-33-24(37)15-34-25/h3-4,6-7,9,11,13,15-16,21-23,36H,5,8,10,12,14H2,1-2H3,(H,33,37)(H,39,40)/t21-,22-,23-,28-,29-,30+,31?/m0/s1. The van der Waals surface area contributed by atoms with Gasteiger partial charge in [0.1, 0.15) is 5.75 Å². The predicted molar refractivity (Wildman–Crippen MR) is 146 cm³/mol. The Bertz CT molecular complexity index is 1580. The van der Waals surface area contributed by atoms with Crippen molar-refractivity contribution in [2.45, 2.75) is 63.3 Å². The maximum Gasteiger partial charge on any atom is 0.348 e. The van der Waals surface area contributed by atoms with Crippen molar-refractivity contribution >= 4 is 17.7 Å². The quantitative estimate of drug-likeness (QED) is 0.448. The number of hydrogen-bond donors (Lipinski definition) is 3. The molecule has 1 unspecified atom stereocenters. The Kier molecular flexibility index (Phi) is 6.30. The van der Waals surface area contributed by atoms with Gasteiger partial charge in [-0.25, -0.2) is 19.0 Å². The van der Waals surface area contributed by atoms with Crippen molar-refractivity contribution in [1.29, 1.82) is 0 Å². The van der Waals surface area contributed by atoms with Crippen molar-refractivity contribution in [2.75, 3.05) is 0 Å². The van der Waals surface area contributed by atoms with Gasteiger partial charge in [0.05, 0.1) is 24.1 Å². The smallest absolute Gasteiger partial charge is 0.348 e. The number of esters is 1. The first-order valence-electron chi connectivity index (χ1n) is 13.9. The van der Waals surface area contributed by atoms with E-state index in [0.717, 1.165) is 6.20 Å². The number of H-pyrrole nitrogens is 1. The molecule has 1 aromatic heterocycles. The van der Waals surface area contributed by atoms with Gasteiger partial charge in [-0.15, -0.1) is 0 Å². The zero-order valence-corrected chi connectivity index (χ0v) is 23.1. The number of benzene rings is 1. The van der Waals surface area contributed by atoms with E-state index >= 15 is 4.39 Å². The number of halogens is 1. The highest BCUT2D eigenvalue weighted by molar-refractivity contribution is 6.01. The third kappa shape index (κ3) is 3.82. The van der Waals surface area contributed by atoms with Crippen LogP contribution in [0, 0.1) is 22.7 Å². The molecule has 10 nitrogen and oxygen atoms in total. The molecule has 1 aromatic carbocycles. The number of hydrogen-bond acceptors (Lipinski definition) is 8. The van der Waals surface area contributed by atoms with E-state index in [1.54, 1.807) is 19.9 Å². The highest BCUT2D eigenvalue weighted by Gasteiger charge is 2.76. The SMILES string of the molecule is C[C@]12C=CC(=O)C=C1CC[C@H]1[C@@H]3CC[C@@](OC(=O)c4ccc(Oc5c[nH]c(=O)cn5)cc4)(C(=O)O)[C@@]3(C)C[C@H](O)C12F. The van der Waals surface area contributed by atoms with Gasteiger partial charge in [0.15, 0.2) is 11.5 Å². The van der Waals surface area contributed by atoms with Crippen molar-refractivity contribution < 1.29 is 38.5 Å². The highest BCUT2D eigenvalue weighted by Crippen LogP contribution is 2.70. The van der Waals surface area contributed by atoms with Crippen LogP contribution in [0.3, 0.4) is 0 Å². The fourth-order valence-electron chi connectivity index (χ4n) is 8.14. The summed E-state index contributed by atoms with van der Waals surface area (Å²) in [5.41, 5.74) is -6.23. The predicted octanol–water partition coefficient (Wildman–Crippen LogP) is 3.91. The molecule has 3 saturated carbocycles. The van der Waals surface area contributed by atoms with E-state index in [2.05, 4.69) is 9.97 Å². The summed E-state index contributed by atoms with van der Waals surface area (Å²) in [5.74, 6) is -3.16. The molecule has 0 saturated heterocycles. The van der Waals surface area contributed by atoms with Crippen molar-refractivity contribution in [2.24, 2.45) is 22.7 Å². The number of ether oxygens (including phenoxy) is 2. The van der Waals surface area contributed by atoms with E-state index in [9.17, 15) is 29.4 Å². The molecule has 3 N–H and O–H groups in total. The van der Waals surface area contributed by atoms with Crippen LogP contribution in [-0.2, 0) is 14.3 Å². The lowest BCUT2D eigenvalue weighted by atomic mass is 9.45. The number of aliphatic carboxylic acids is 1. The number of aliphatic hydroxyl groups excluding tert-OH is 1. The van der Waals surface area contributed by atoms with Crippen molar-refractivity contribution in [1.82, 2.24) is 9.97 Å². The molecule has 0 bridgehead atoms. The number of aliphatic hydroxyl groups is 1. The average Bonchev–Trinajstić information content (AvgIpc) is 3.24. The summed E-state index contributed by atoms with van der Waals surface area (Å²) in [6.45, 7) is 3.37. The number of nitrogens with one attached hydrogen (secondary N) is 1. The molecule has 4 aliphatic carbocycles. The Morgan fingerprint density at radius 1 is 1.12 bits per heavy atom. The minimum absolute atomic E-state index is 0.0264. The number of aromatic amines is 1. The molecule has 0 aliphatic heterocycles. The molecule has 4 aliphatic rings. The third-order valence-electron chi connectivity index (χ3n) is 10.3. The van der Waals surface area contributed by atoms with Crippen LogP contribution in [-0.4, -0.2) is 55.3 Å². The van der Waals surface area contributed by atoms with Gasteiger partial charge in [-0.3, -0.25) is 9.59 Å². The fourth-order valence-corrected chi connectivity index (χ4v) is 8.14. The lowest BCUT2D eigenvalue weighted by Gasteiger charge is -2.62. The van der Waals surface area contributed by atoms with E-state index in [4.69, 9.17) is 9.47 Å². The van der Waals surface area contributed by atoms with Gasteiger partial charge < -0.3 is 24.7 Å². The fraction of sp³-hybridized carbons (Fsp3) is 0.452. The number of allylic oxidation sites excluding steroid dienone is 4. The van der Waals surface area contributed by atoms with Crippen LogP contribution in [0.15, 0.2) is 65.3 Å². The Morgan fingerprint density at radius 3 is 2.52 bits per heavy atom. The number of carboxylic acids is 1. The Balaban J connectivity index is 1.27. The summed E-state index contributed by atoms with van der Waals surface area (Å²) in [4.78, 5) is 55.8. The van der Waals surface area contributed by atoms with Crippen LogP contribution >= 0.6 is 0 Å². The van der Waals surface area contributed by atoms with Crippen LogP contribution in [0.4, 0.5) is 4.39 Å². The second kappa shape index (κ2) is 9.45. The zero-order valence-electron chi connectivity index (χ0n) is 23.1. The second-order valence-electron chi connectivity index (χ2n) is 12.2. The zero-order chi connectivity index (χ0) is 30.1. The lowest BCUT2D eigenvalue weighted by Crippen LogP contribution is -2.69. The van der Waals surface area contributed by atoms with E-state index in [-0.39, 0.29) is 35.6 Å². The topological polar surface area (TPSA) is 156 Å². The second-order valence-corrected chi connectivity index (χ2v) is 12.2. The number of rotatable bonds is 5. The minimum atomic E-state index is -2.12.